The van der Waals surface area contributed by atoms with E-state index >= 15 is 0 Å². The number of rotatable bonds is 0. The molecule has 2 aliphatic rings. The maximum atomic E-state index is 11.2. The Kier molecular flexibility index (Phi) is 1.96. The van der Waals surface area contributed by atoms with Crippen LogP contribution in [0.3, 0.4) is 0 Å². The molecule has 3 heterocycles. The van der Waals surface area contributed by atoms with Gasteiger partial charge in [0.15, 0.2) is 6.10 Å². The highest BCUT2D eigenvalue weighted by Crippen LogP contribution is 2.48. The number of hydrogen-bond donors (Lipinski definition) is 1. The minimum Gasteiger partial charge on any atom is -0.484 e. The summed E-state index contributed by atoms with van der Waals surface area (Å²) in [5, 5.41) is 11.0. The standard InChI is InChI=1S/C14H12O5/c1-14(16)6-17-12-8-4-7-2-3-11(15)18-9(7)5-10(8)19-13(12)14/h2-5,12-13,16H,6H2,1H3/t12-,13+,14-/m1/s1. The molecule has 1 fully saturated rings. The van der Waals surface area contributed by atoms with Crippen LogP contribution in [0.4, 0.5) is 0 Å². The minimum absolute atomic E-state index is 0.254. The van der Waals surface area contributed by atoms with Gasteiger partial charge in [0.2, 0.25) is 0 Å². The minimum atomic E-state index is -1.00. The van der Waals surface area contributed by atoms with Crippen LogP contribution in [0.5, 0.6) is 5.75 Å². The lowest BCUT2D eigenvalue weighted by molar-refractivity contribution is -0.0146. The summed E-state index contributed by atoms with van der Waals surface area (Å²) in [6, 6.07) is 6.67. The van der Waals surface area contributed by atoms with Crippen LogP contribution in [-0.2, 0) is 4.74 Å². The molecular formula is C14H12O5. The van der Waals surface area contributed by atoms with E-state index in [0.29, 0.717) is 11.3 Å². The zero-order valence-corrected chi connectivity index (χ0v) is 10.3. The third-order valence-electron chi connectivity index (χ3n) is 3.76. The van der Waals surface area contributed by atoms with E-state index in [4.69, 9.17) is 13.9 Å². The van der Waals surface area contributed by atoms with E-state index in [-0.39, 0.29) is 12.7 Å². The molecule has 1 aromatic heterocycles. The molecule has 2 aliphatic heterocycles. The summed E-state index contributed by atoms with van der Waals surface area (Å²) in [5.41, 5.74) is -0.0275. The summed E-state index contributed by atoms with van der Waals surface area (Å²) in [5.74, 6) is 0.608. The summed E-state index contributed by atoms with van der Waals surface area (Å²) in [7, 11) is 0. The van der Waals surface area contributed by atoms with Crippen LogP contribution >= 0.6 is 0 Å². The van der Waals surface area contributed by atoms with Crippen molar-refractivity contribution >= 4 is 11.0 Å². The van der Waals surface area contributed by atoms with E-state index in [1.165, 1.54) is 6.07 Å². The molecule has 4 rings (SSSR count). The Morgan fingerprint density at radius 2 is 2.21 bits per heavy atom. The molecule has 1 N–H and O–H groups in total. The monoisotopic (exact) mass is 260 g/mol. The van der Waals surface area contributed by atoms with Crippen LogP contribution < -0.4 is 10.4 Å². The predicted octanol–water partition coefficient (Wildman–Crippen LogP) is 1.38. The van der Waals surface area contributed by atoms with Gasteiger partial charge < -0.3 is 19.0 Å². The zero-order chi connectivity index (χ0) is 13.2. The van der Waals surface area contributed by atoms with Gasteiger partial charge in [-0.25, -0.2) is 4.79 Å². The molecule has 0 radical (unpaired) electrons. The van der Waals surface area contributed by atoms with Crippen molar-refractivity contribution in [1.82, 2.24) is 0 Å². The van der Waals surface area contributed by atoms with Gasteiger partial charge in [0.25, 0.3) is 0 Å². The van der Waals surface area contributed by atoms with E-state index < -0.39 is 17.3 Å². The molecule has 0 bridgehead atoms. The molecule has 5 heteroatoms. The highest BCUT2D eigenvalue weighted by atomic mass is 16.6. The summed E-state index contributed by atoms with van der Waals surface area (Å²) >= 11 is 0. The van der Waals surface area contributed by atoms with Gasteiger partial charge >= 0.3 is 5.63 Å². The lowest BCUT2D eigenvalue weighted by atomic mass is 9.96. The first-order valence-electron chi connectivity index (χ1n) is 6.13. The summed E-state index contributed by atoms with van der Waals surface area (Å²) in [6.45, 7) is 1.95. The molecule has 0 saturated carbocycles. The number of hydrogen-bond acceptors (Lipinski definition) is 5. The summed E-state index contributed by atoms with van der Waals surface area (Å²) < 4.78 is 16.5. The van der Waals surface area contributed by atoms with Gasteiger partial charge in [-0.1, -0.05) is 0 Å². The largest absolute Gasteiger partial charge is 0.484 e. The number of benzene rings is 1. The first-order chi connectivity index (χ1) is 9.04. The van der Waals surface area contributed by atoms with Crippen molar-refractivity contribution in [1.29, 1.82) is 0 Å². The Morgan fingerprint density at radius 3 is 3.05 bits per heavy atom. The zero-order valence-electron chi connectivity index (χ0n) is 10.3. The van der Waals surface area contributed by atoms with Crippen LogP contribution in [0.25, 0.3) is 11.0 Å². The van der Waals surface area contributed by atoms with Gasteiger partial charge in [-0.2, -0.15) is 0 Å². The molecule has 19 heavy (non-hydrogen) atoms. The van der Waals surface area contributed by atoms with Crippen molar-refractivity contribution < 1.29 is 19.0 Å². The van der Waals surface area contributed by atoms with Crippen molar-refractivity contribution in [3.8, 4) is 5.75 Å². The number of ether oxygens (including phenoxy) is 2. The second kappa shape index (κ2) is 3.37. The lowest BCUT2D eigenvalue weighted by Gasteiger charge is -2.21. The van der Waals surface area contributed by atoms with Crippen molar-refractivity contribution in [3.05, 3.63) is 40.2 Å². The molecular weight excluding hydrogens is 248 g/mol. The predicted molar refractivity (Wildman–Crippen MR) is 66.2 cm³/mol. The van der Waals surface area contributed by atoms with E-state index in [1.54, 1.807) is 19.1 Å². The maximum absolute atomic E-state index is 11.2. The van der Waals surface area contributed by atoms with Crippen LogP contribution in [-0.4, -0.2) is 23.4 Å². The van der Waals surface area contributed by atoms with Gasteiger partial charge in [-0.15, -0.1) is 0 Å². The average Bonchev–Trinajstić information content (AvgIpc) is 2.85. The van der Waals surface area contributed by atoms with E-state index in [9.17, 15) is 9.90 Å². The lowest BCUT2D eigenvalue weighted by Crippen LogP contribution is -2.40. The molecule has 0 spiro atoms. The highest BCUT2D eigenvalue weighted by Gasteiger charge is 2.52. The van der Waals surface area contributed by atoms with Gasteiger partial charge in [0.05, 0.1) is 6.61 Å². The highest BCUT2D eigenvalue weighted by molar-refractivity contribution is 5.80. The summed E-state index contributed by atoms with van der Waals surface area (Å²) in [6.07, 6.45) is -0.674. The fraction of sp³-hybridized carbons (Fsp3) is 0.357. The molecule has 0 amide bonds. The van der Waals surface area contributed by atoms with Crippen LogP contribution in [0, 0.1) is 0 Å². The fourth-order valence-electron chi connectivity index (χ4n) is 2.77. The van der Waals surface area contributed by atoms with Crippen molar-refractivity contribution in [2.45, 2.75) is 24.7 Å². The van der Waals surface area contributed by atoms with Crippen LogP contribution in [0.2, 0.25) is 0 Å². The third kappa shape index (κ3) is 1.45. The number of fused-ring (bicyclic) bond motifs is 4. The molecule has 1 saturated heterocycles. The van der Waals surface area contributed by atoms with Gasteiger partial charge in [-0.3, -0.25) is 0 Å². The maximum Gasteiger partial charge on any atom is 0.336 e. The van der Waals surface area contributed by atoms with Crippen molar-refractivity contribution in [3.63, 3.8) is 0 Å². The van der Waals surface area contributed by atoms with E-state index in [2.05, 4.69) is 0 Å². The van der Waals surface area contributed by atoms with Crippen molar-refractivity contribution in [2.75, 3.05) is 6.61 Å². The quantitative estimate of drug-likeness (QED) is 0.725. The molecule has 2 aromatic rings. The SMILES string of the molecule is C[C@@]1(O)CO[C@@H]2c3cc4ccc(=O)oc4cc3O[C@@H]21. The van der Waals surface area contributed by atoms with Crippen LogP contribution in [0.1, 0.15) is 18.6 Å². The normalized spacial score (nSPS) is 32.1. The molecule has 1 aromatic carbocycles. The Balaban J connectivity index is 1.91. The van der Waals surface area contributed by atoms with E-state index in [0.717, 1.165) is 10.9 Å². The Bertz CT molecular complexity index is 730. The second-order valence-corrected chi connectivity index (χ2v) is 5.31. The average molecular weight is 260 g/mol. The summed E-state index contributed by atoms with van der Waals surface area (Å²) in [4.78, 5) is 11.2. The smallest absolute Gasteiger partial charge is 0.336 e. The van der Waals surface area contributed by atoms with Gasteiger partial charge in [-0.05, 0) is 19.1 Å². The first kappa shape index (κ1) is 11.0. The van der Waals surface area contributed by atoms with Crippen LogP contribution in [0.15, 0.2) is 33.5 Å². The Morgan fingerprint density at radius 1 is 1.37 bits per heavy atom. The molecule has 5 nitrogen and oxygen atoms in total. The third-order valence-corrected chi connectivity index (χ3v) is 3.76. The topological polar surface area (TPSA) is 68.9 Å². The van der Waals surface area contributed by atoms with Gasteiger partial charge in [0, 0.05) is 23.1 Å². The second-order valence-electron chi connectivity index (χ2n) is 5.31. The molecule has 98 valence electrons. The number of aliphatic hydroxyl groups is 1. The Hall–Kier alpha value is -1.85. The molecule has 0 aliphatic carbocycles. The van der Waals surface area contributed by atoms with E-state index in [1.807, 2.05) is 6.07 Å². The molecule has 3 atom stereocenters. The van der Waals surface area contributed by atoms with Crippen molar-refractivity contribution in [2.24, 2.45) is 0 Å². The van der Waals surface area contributed by atoms with Gasteiger partial charge in [0.1, 0.15) is 23.0 Å². The Labute approximate surface area is 108 Å². The fourth-order valence-corrected chi connectivity index (χ4v) is 2.77. The molecule has 0 unspecified atom stereocenters. The first-order valence-corrected chi connectivity index (χ1v) is 6.13.